The minimum Gasteiger partial charge on any atom is -0.491 e. The van der Waals surface area contributed by atoms with Crippen LogP contribution in [0.4, 0.5) is 0 Å². The first-order valence-corrected chi connectivity index (χ1v) is 8.87. The Hall–Kier alpha value is -1.28. The maximum Gasteiger partial charge on any atom is 0.119 e. The molecular weight excluding hydrogens is 272 g/mol. The Morgan fingerprint density at radius 1 is 1.05 bits per heavy atom. The van der Waals surface area contributed by atoms with E-state index in [1.54, 1.807) is 0 Å². The summed E-state index contributed by atoms with van der Waals surface area (Å²) in [4.78, 5) is 0. The standard InChI is InChI=1S/C20H30O2/c1-2-3-4-5-6-7-8-9-10-11-18-12-14-19(15-13-18)21-16-20-17-22-20/h6-7,12-15,20H,2-5,8-11,16-17H2,1H3/b7-6+. The smallest absolute Gasteiger partial charge is 0.119 e. The van der Waals surface area contributed by atoms with Crippen molar-refractivity contribution in [2.24, 2.45) is 0 Å². The summed E-state index contributed by atoms with van der Waals surface area (Å²) in [6, 6.07) is 8.52. The van der Waals surface area contributed by atoms with Crippen LogP contribution >= 0.6 is 0 Å². The molecule has 1 saturated heterocycles. The highest BCUT2D eigenvalue weighted by Gasteiger charge is 2.22. The number of unbranched alkanes of at least 4 members (excludes halogenated alkanes) is 5. The van der Waals surface area contributed by atoms with Crippen LogP contribution in [0.2, 0.25) is 0 Å². The van der Waals surface area contributed by atoms with Crippen LogP contribution in [0.5, 0.6) is 5.75 Å². The maximum absolute atomic E-state index is 5.65. The summed E-state index contributed by atoms with van der Waals surface area (Å²) in [6.45, 7) is 3.79. The predicted molar refractivity (Wildman–Crippen MR) is 92.5 cm³/mol. The van der Waals surface area contributed by atoms with Gasteiger partial charge in [-0.15, -0.1) is 0 Å². The second-order valence-corrected chi connectivity index (χ2v) is 6.12. The Kier molecular flexibility index (Phi) is 8.11. The Bertz CT molecular complexity index is 418. The lowest BCUT2D eigenvalue weighted by molar-refractivity contribution is 0.263. The number of benzene rings is 1. The highest BCUT2D eigenvalue weighted by molar-refractivity contribution is 5.27. The lowest BCUT2D eigenvalue weighted by atomic mass is 10.1. The Morgan fingerprint density at radius 3 is 2.36 bits per heavy atom. The van der Waals surface area contributed by atoms with Gasteiger partial charge in [0.15, 0.2) is 0 Å². The van der Waals surface area contributed by atoms with E-state index in [9.17, 15) is 0 Å². The fourth-order valence-electron chi connectivity index (χ4n) is 2.44. The first-order valence-electron chi connectivity index (χ1n) is 8.87. The third-order valence-electron chi connectivity index (χ3n) is 3.99. The zero-order valence-corrected chi connectivity index (χ0v) is 13.9. The van der Waals surface area contributed by atoms with E-state index in [1.165, 1.54) is 50.5 Å². The van der Waals surface area contributed by atoms with Crippen molar-refractivity contribution in [1.82, 2.24) is 0 Å². The van der Waals surface area contributed by atoms with Crippen LogP contribution in [-0.2, 0) is 11.2 Å². The molecule has 0 amide bonds. The topological polar surface area (TPSA) is 21.8 Å². The van der Waals surface area contributed by atoms with E-state index in [-0.39, 0.29) is 0 Å². The third kappa shape index (κ3) is 7.65. The molecule has 0 bridgehead atoms. The molecule has 0 aliphatic carbocycles. The second kappa shape index (κ2) is 10.4. The maximum atomic E-state index is 5.65. The van der Waals surface area contributed by atoms with Gasteiger partial charge in [0, 0.05) is 0 Å². The molecule has 0 radical (unpaired) electrons. The minimum atomic E-state index is 0.328. The average Bonchev–Trinajstić information content (AvgIpc) is 3.37. The van der Waals surface area contributed by atoms with E-state index in [4.69, 9.17) is 9.47 Å². The zero-order valence-electron chi connectivity index (χ0n) is 13.9. The summed E-state index contributed by atoms with van der Waals surface area (Å²) >= 11 is 0. The fraction of sp³-hybridized carbons (Fsp3) is 0.600. The van der Waals surface area contributed by atoms with Crippen LogP contribution in [0.15, 0.2) is 36.4 Å². The monoisotopic (exact) mass is 302 g/mol. The van der Waals surface area contributed by atoms with Gasteiger partial charge in [0.25, 0.3) is 0 Å². The van der Waals surface area contributed by atoms with Gasteiger partial charge in [-0.1, -0.05) is 44.1 Å². The van der Waals surface area contributed by atoms with Gasteiger partial charge >= 0.3 is 0 Å². The number of epoxide rings is 1. The van der Waals surface area contributed by atoms with Crippen molar-refractivity contribution in [3.8, 4) is 5.75 Å². The third-order valence-corrected chi connectivity index (χ3v) is 3.99. The Labute approximate surface area is 135 Å². The van der Waals surface area contributed by atoms with E-state index in [0.717, 1.165) is 18.8 Å². The summed E-state index contributed by atoms with van der Waals surface area (Å²) in [5, 5.41) is 0. The number of hydrogen-bond donors (Lipinski definition) is 0. The summed E-state index contributed by atoms with van der Waals surface area (Å²) in [7, 11) is 0. The minimum absolute atomic E-state index is 0.328. The van der Waals surface area contributed by atoms with Crippen LogP contribution in [0, 0.1) is 0 Å². The molecule has 1 heterocycles. The second-order valence-electron chi connectivity index (χ2n) is 6.12. The van der Waals surface area contributed by atoms with Gasteiger partial charge in [-0.3, -0.25) is 0 Å². The van der Waals surface area contributed by atoms with Crippen molar-refractivity contribution in [3.63, 3.8) is 0 Å². The highest BCUT2D eigenvalue weighted by Crippen LogP contribution is 2.17. The van der Waals surface area contributed by atoms with E-state index in [0.29, 0.717) is 12.7 Å². The van der Waals surface area contributed by atoms with Gasteiger partial charge in [-0.05, 0) is 56.2 Å². The van der Waals surface area contributed by atoms with E-state index < -0.39 is 0 Å². The zero-order chi connectivity index (χ0) is 15.5. The summed E-state index contributed by atoms with van der Waals surface area (Å²) in [6.07, 6.45) is 15.2. The Balaban J connectivity index is 1.51. The molecule has 0 saturated carbocycles. The number of aryl methyl sites for hydroxylation is 1. The lowest BCUT2D eigenvalue weighted by Gasteiger charge is -2.05. The molecule has 1 atom stereocenters. The van der Waals surface area contributed by atoms with Crippen LogP contribution in [0.25, 0.3) is 0 Å². The van der Waals surface area contributed by atoms with Gasteiger partial charge in [-0.25, -0.2) is 0 Å². The van der Waals surface area contributed by atoms with Gasteiger partial charge in [0.2, 0.25) is 0 Å². The first-order chi connectivity index (χ1) is 10.9. The molecule has 1 fully saturated rings. The summed E-state index contributed by atoms with van der Waals surface area (Å²) in [5.74, 6) is 0.953. The van der Waals surface area contributed by atoms with Crippen LogP contribution in [0.1, 0.15) is 57.4 Å². The molecule has 2 heteroatoms. The molecule has 1 aromatic carbocycles. The molecular formula is C20H30O2. The van der Waals surface area contributed by atoms with Crippen molar-refractivity contribution in [1.29, 1.82) is 0 Å². The molecule has 1 aliphatic heterocycles. The molecule has 0 N–H and O–H groups in total. The molecule has 2 nitrogen and oxygen atoms in total. The molecule has 1 unspecified atom stereocenters. The SMILES string of the molecule is CCCCC/C=C/CCCCc1ccc(OCC2CO2)cc1. The van der Waals surface area contributed by atoms with Gasteiger partial charge < -0.3 is 9.47 Å². The van der Waals surface area contributed by atoms with E-state index in [2.05, 4.69) is 43.3 Å². The van der Waals surface area contributed by atoms with Crippen LogP contribution in [0.3, 0.4) is 0 Å². The fourth-order valence-corrected chi connectivity index (χ4v) is 2.44. The van der Waals surface area contributed by atoms with Crippen LogP contribution < -0.4 is 4.74 Å². The summed E-state index contributed by atoms with van der Waals surface area (Å²) in [5.41, 5.74) is 1.40. The molecule has 2 rings (SSSR count). The Morgan fingerprint density at radius 2 is 1.73 bits per heavy atom. The van der Waals surface area contributed by atoms with Crippen molar-refractivity contribution in [3.05, 3.63) is 42.0 Å². The van der Waals surface area contributed by atoms with Gasteiger partial charge in [0.1, 0.15) is 18.5 Å². The van der Waals surface area contributed by atoms with Crippen molar-refractivity contribution in [2.45, 2.75) is 64.4 Å². The molecule has 122 valence electrons. The first kappa shape index (κ1) is 17.1. The number of ether oxygens (including phenoxy) is 2. The number of allylic oxidation sites excluding steroid dienone is 2. The van der Waals surface area contributed by atoms with Crippen molar-refractivity contribution < 1.29 is 9.47 Å². The summed E-state index contributed by atoms with van der Waals surface area (Å²) < 4.78 is 10.8. The number of rotatable bonds is 12. The number of hydrogen-bond acceptors (Lipinski definition) is 2. The normalized spacial score (nSPS) is 17.0. The average molecular weight is 302 g/mol. The van der Waals surface area contributed by atoms with Gasteiger partial charge in [0.05, 0.1) is 6.61 Å². The largest absolute Gasteiger partial charge is 0.491 e. The molecule has 1 aromatic rings. The van der Waals surface area contributed by atoms with E-state index >= 15 is 0 Å². The molecule has 22 heavy (non-hydrogen) atoms. The lowest BCUT2D eigenvalue weighted by Crippen LogP contribution is -2.03. The van der Waals surface area contributed by atoms with Crippen molar-refractivity contribution in [2.75, 3.05) is 13.2 Å². The van der Waals surface area contributed by atoms with E-state index in [1.807, 2.05) is 0 Å². The predicted octanol–water partition coefficient (Wildman–Crippen LogP) is 5.31. The molecule has 0 spiro atoms. The quantitative estimate of drug-likeness (QED) is 0.296. The highest BCUT2D eigenvalue weighted by atomic mass is 16.6. The molecule has 1 aliphatic rings. The molecule has 0 aromatic heterocycles. The van der Waals surface area contributed by atoms with Crippen LogP contribution in [-0.4, -0.2) is 19.3 Å². The van der Waals surface area contributed by atoms with Gasteiger partial charge in [-0.2, -0.15) is 0 Å². The van der Waals surface area contributed by atoms with Crippen molar-refractivity contribution >= 4 is 0 Å².